The predicted molar refractivity (Wildman–Crippen MR) is 132 cm³/mol. The molecule has 0 bridgehead atoms. The quantitative estimate of drug-likeness (QED) is 0.367. The Balaban J connectivity index is 2.13. The number of carboxylic acids is 1. The molecule has 0 spiro atoms. The maximum Gasteiger partial charge on any atom is 0.306 e. The molecule has 0 aliphatic rings. The summed E-state index contributed by atoms with van der Waals surface area (Å²) in [6.45, 7) is 11.6. The molecule has 0 radical (unpaired) electrons. The van der Waals surface area contributed by atoms with Gasteiger partial charge in [0.15, 0.2) is 0 Å². The number of nitrogens with zero attached hydrogens (tertiary/aromatic N) is 2. The summed E-state index contributed by atoms with van der Waals surface area (Å²) in [6, 6.07) is 6.07. The molecule has 33 heavy (non-hydrogen) atoms. The number of carboxylic acid groups (broad SMARTS) is 1. The van der Waals surface area contributed by atoms with E-state index >= 15 is 0 Å². The van der Waals surface area contributed by atoms with Crippen molar-refractivity contribution in [2.45, 2.75) is 79.0 Å². The number of rotatable bonds is 14. The number of benzene rings is 1. The van der Waals surface area contributed by atoms with Crippen LogP contribution in [0.1, 0.15) is 58.2 Å². The summed E-state index contributed by atoms with van der Waals surface area (Å²) >= 11 is 0. The lowest BCUT2D eigenvalue weighted by molar-refractivity contribution is -0.144. The summed E-state index contributed by atoms with van der Waals surface area (Å²) in [5.74, 6) is -0.850. The molecular formula is C26H43N3O4. The Hall–Kier alpha value is -1.96. The van der Waals surface area contributed by atoms with Crippen molar-refractivity contribution in [2.24, 2.45) is 29.4 Å². The standard InChI is InChI=1S/C26H43N3O4/c1-16(2)20(14-23(27)25(30)15-22(17(3)4)26(31)32)12-19-8-9-21-18(5)28-29(24(21)13-19)10-7-11-33-6/h8-9,13,16-17,20,22-23,25,30H,7,10-12,14-15,27H2,1-6H3,(H,31,32)/t20-,22-,23-,25-/m0/s1. The van der Waals surface area contributed by atoms with E-state index in [9.17, 15) is 15.0 Å². The maximum absolute atomic E-state index is 11.5. The second kappa shape index (κ2) is 12.5. The highest BCUT2D eigenvalue weighted by molar-refractivity contribution is 5.82. The number of methoxy groups -OCH3 is 1. The van der Waals surface area contributed by atoms with Gasteiger partial charge in [0.2, 0.25) is 0 Å². The Kier molecular flexibility index (Phi) is 10.3. The highest BCUT2D eigenvalue weighted by atomic mass is 16.5. The highest BCUT2D eigenvalue weighted by Crippen LogP contribution is 2.28. The van der Waals surface area contributed by atoms with Crippen LogP contribution >= 0.6 is 0 Å². The molecule has 1 aromatic heterocycles. The zero-order chi connectivity index (χ0) is 24.7. The van der Waals surface area contributed by atoms with Crippen LogP contribution in [0.25, 0.3) is 10.9 Å². The van der Waals surface area contributed by atoms with Gasteiger partial charge in [-0.2, -0.15) is 5.10 Å². The number of aliphatic hydroxyl groups excluding tert-OH is 1. The van der Waals surface area contributed by atoms with Gasteiger partial charge in [0.05, 0.1) is 23.2 Å². The number of aryl methyl sites for hydroxylation is 2. The Labute approximate surface area is 198 Å². The number of hydrogen-bond donors (Lipinski definition) is 3. The van der Waals surface area contributed by atoms with Crippen molar-refractivity contribution in [3.63, 3.8) is 0 Å². The van der Waals surface area contributed by atoms with Gasteiger partial charge in [-0.15, -0.1) is 0 Å². The molecule has 0 aliphatic carbocycles. The number of nitrogens with two attached hydrogens (primary N) is 1. The van der Waals surface area contributed by atoms with Gasteiger partial charge < -0.3 is 20.7 Å². The average Bonchev–Trinajstić information content (AvgIpc) is 3.05. The van der Waals surface area contributed by atoms with Gasteiger partial charge in [0.1, 0.15) is 0 Å². The highest BCUT2D eigenvalue weighted by Gasteiger charge is 2.29. The Morgan fingerprint density at radius 1 is 1.18 bits per heavy atom. The van der Waals surface area contributed by atoms with Crippen LogP contribution in [0, 0.1) is 30.6 Å². The van der Waals surface area contributed by atoms with Crippen molar-refractivity contribution < 1.29 is 19.7 Å². The fourth-order valence-corrected chi connectivity index (χ4v) is 4.54. The fourth-order valence-electron chi connectivity index (χ4n) is 4.54. The summed E-state index contributed by atoms with van der Waals surface area (Å²) in [7, 11) is 1.71. The molecule has 186 valence electrons. The third kappa shape index (κ3) is 7.52. The number of hydrogen-bond acceptors (Lipinski definition) is 5. The summed E-state index contributed by atoms with van der Waals surface area (Å²) in [5.41, 5.74) is 9.76. The SMILES string of the molecule is COCCCn1nc(C)c2ccc(C[C@@H](C[C@H](N)[C@@H](O)C[C@H](C(=O)O)C(C)C)C(C)C)cc21. The van der Waals surface area contributed by atoms with Gasteiger partial charge in [0, 0.05) is 31.7 Å². The number of aliphatic hydroxyl groups is 1. The molecule has 7 nitrogen and oxygen atoms in total. The molecule has 7 heteroatoms. The molecule has 1 heterocycles. The van der Waals surface area contributed by atoms with Gasteiger partial charge in [-0.3, -0.25) is 9.48 Å². The van der Waals surface area contributed by atoms with Crippen molar-refractivity contribution in [3.8, 4) is 0 Å². The Morgan fingerprint density at radius 3 is 2.45 bits per heavy atom. The van der Waals surface area contributed by atoms with Crippen LogP contribution in [0.15, 0.2) is 18.2 Å². The molecule has 0 saturated carbocycles. The molecule has 2 aromatic rings. The molecule has 0 fully saturated rings. The Bertz CT molecular complexity index is 893. The summed E-state index contributed by atoms with van der Waals surface area (Å²) < 4.78 is 7.25. The minimum absolute atomic E-state index is 0.0471. The van der Waals surface area contributed by atoms with Crippen LogP contribution in [0.3, 0.4) is 0 Å². The van der Waals surface area contributed by atoms with E-state index in [0.29, 0.717) is 18.9 Å². The van der Waals surface area contributed by atoms with Crippen LogP contribution in [0.4, 0.5) is 0 Å². The topological polar surface area (TPSA) is 111 Å². The van der Waals surface area contributed by atoms with Crippen LogP contribution in [-0.2, 0) is 22.5 Å². The molecule has 0 amide bonds. The first kappa shape index (κ1) is 27.3. The number of fused-ring (bicyclic) bond motifs is 1. The second-order valence-electron chi connectivity index (χ2n) is 10.1. The number of aliphatic carboxylic acids is 1. The van der Waals surface area contributed by atoms with Crippen LogP contribution in [0.2, 0.25) is 0 Å². The van der Waals surface area contributed by atoms with Crippen molar-refractivity contribution in [3.05, 3.63) is 29.5 Å². The molecule has 2 rings (SSSR count). The zero-order valence-electron chi connectivity index (χ0n) is 21.1. The van der Waals surface area contributed by atoms with E-state index in [0.717, 1.165) is 36.0 Å². The second-order valence-corrected chi connectivity index (χ2v) is 10.1. The summed E-state index contributed by atoms with van der Waals surface area (Å²) in [4.78, 5) is 11.5. The molecule has 4 N–H and O–H groups in total. The zero-order valence-corrected chi connectivity index (χ0v) is 21.1. The summed E-state index contributed by atoms with van der Waals surface area (Å²) in [5, 5.41) is 26.0. The lowest BCUT2D eigenvalue weighted by Gasteiger charge is -2.29. The van der Waals surface area contributed by atoms with Gasteiger partial charge in [0.25, 0.3) is 0 Å². The number of carbonyl (C=O) groups is 1. The summed E-state index contributed by atoms with van der Waals surface area (Å²) in [6.07, 6.45) is 1.76. The van der Waals surface area contributed by atoms with E-state index in [1.165, 1.54) is 5.56 Å². The van der Waals surface area contributed by atoms with E-state index in [2.05, 4.69) is 36.7 Å². The minimum atomic E-state index is -0.873. The van der Waals surface area contributed by atoms with E-state index in [1.54, 1.807) is 7.11 Å². The van der Waals surface area contributed by atoms with E-state index in [1.807, 2.05) is 20.8 Å². The van der Waals surface area contributed by atoms with Crippen molar-refractivity contribution >= 4 is 16.9 Å². The Morgan fingerprint density at radius 2 is 1.88 bits per heavy atom. The van der Waals surface area contributed by atoms with Crippen molar-refractivity contribution in [2.75, 3.05) is 13.7 Å². The van der Waals surface area contributed by atoms with Crippen LogP contribution in [-0.4, -0.2) is 51.8 Å². The fraction of sp³-hybridized carbons (Fsp3) is 0.692. The van der Waals surface area contributed by atoms with Crippen LogP contribution < -0.4 is 5.73 Å². The molecule has 1 aromatic carbocycles. The molecule has 0 aliphatic heterocycles. The first-order valence-corrected chi connectivity index (χ1v) is 12.2. The average molecular weight is 462 g/mol. The van der Waals surface area contributed by atoms with Crippen LogP contribution in [0.5, 0.6) is 0 Å². The van der Waals surface area contributed by atoms with Gasteiger partial charge in [-0.25, -0.2) is 0 Å². The van der Waals surface area contributed by atoms with Gasteiger partial charge in [-0.05, 0) is 62.0 Å². The minimum Gasteiger partial charge on any atom is -0.481 e. The maximum atomic E-state index is 11.5. The molecule has 0 unspecified atom stereocenters. The van der Waals surface area contributed by atoms with Gasteiger partial charge >= 0.3 is 5.97 Å². The number of aromatic nitrogens is 2. The van der Waals surface area contributed by atoms with E-state index in [-0.39, 0.29) is 18.3 Å². The third-order valence-corrected chi connectivity index (χ3v) is 6.85. The molecular weight excluding hydrogens is 418 g/mol. The lowest BCUT2D eigenvalue weighted by atomic mass is 9.81. The van der Waals surface area contributed by atoms with Gasteiger partial charge in [-0.1, -0.05) is 39.8 Å². The lowest BCUT2D eigenvalue weighted by Crippen LogP contribution is -2.40. The third-order valence-electron chi connectivity index (χ3n) is 6.85. The first-order chi connectivity index (χ1) is 15.5. The van der Waals surface area contributed by atoms with Crippen molar-refractivity contribution in [1.29, 1.82) is 0 Å². The molecule has 4 atom stereocenters. The van der Waals surface area contributed by atoms with E-state index in [4.69, 9.17) is 15.6 Å². The normalized spacial score (nSPS) is 15.8. The first-order valence-electron chi connectivity index (χ1n) is 12.2. The molecule has 0 saturated heterocycles. The smallest absolute Gasteiger partial charge is 0.306 e. The monoisotopic (exact) mass is 461 g/mol. The van der Waals surface area contributed by atoms with E-state index < -0.39 is 24.0 Å². The predicted octanol–water partition coefficient (Wildman–Crippen LogP) is 4.02. The largest absolute Gasteiger partial charge is 0.481 e. The number of ether oxygens (including phenoxy) is 1. The van der Waals surface area contributed by atoms with Crippen molar-refractivity contribution in [1.82, 2.24) is 9.78 Å².